The number of halogens is 2. The predicted octanol–water partition coefficient (Wildman–Crippen LogP) is 3.76. The van der Waals surface area contributed by atoms with Crippen molar-refractivity contribution in [1.82, 2.24) is 9.97 Å². The monoisotopic (exact) mass is 379 g/mol. The van der Waals surface area contributed by atoms with Crippen molar-refractivity contribution in [2.24, 2.45) is 5.10 Å². The molecule has 0 aliphatic carbocycles. The molecule has 0 bridgehead atoms. The van der Waals surface area contributed by atoms with E-state index < -0.39 is 0 Å². The fourth-order valence-electron chi connectivity index (χ4n) is 2.49. The number of anilines is 2. The largest absolute Gasteiger partial charge is 0.378 e. The quantitative estimate of drug-likeness (QED) is 0.646. The van der Waals surface area contributed by atoms with Crippen LogP contribution in [0.2, 0.25) is 10.0 Å². The molecule has 0 radical (unpaired) electrons. The van der Waals surface area contributed by atoms with E-state index in [0.29, 0.717) is 34.9 Å². The molecule has 0 unspecified atom stereocenters. The zero-order chi connectivity index (χ0) is 17.8. The van der Waals surface area contributed by atoms with Gasteiger partial charge in [0.05, 0.1) is 29.0 Å². The SMILES string of the molecule is CC(=NNc1cc(N2CCOCC2)nc(C)n1)c1ccc(Cl)c(Cl)c1. The van der Waals surface area contributed by atoms with Gasteiger partial charge < -0.3 is 9.64 Å². The Bertz CT molecular complexity index is 791. The summed E-state index contributed by atoms with van der Waals surface area (Å²) in [5.41, 5.74) is 4.67. The Labute approximate surface area is 156 Å². The molecule has 1 saturated heterocycles. The minimum absolute atomic E-state index is 0.501. The molecule has 1 N–H and O–H groups in total. The Morgan fingerprint density at radius 2 is 1.92 bits per heavy atom. The van der Waals surface area contributed by atoms with Crippen molar-refractivity contribution in [2.75, 3.05) is 36.6 Å². The highest BCUT2D eigenvalue weighted by atomic mass is 35.5. The summed E-state index contributed by atoms with van der Waals surface area (Å²) >= 11 is 12.0. The van der Waals surface area contributed by atoms with Crippen LogP contribution in [-0.2, 0) is 4.74 Å². The first-order chi connectivity index (χ1) is 12.0. The second-order valence-electron chi connectivity index (χ2n) is 5.70. The van der Waals surface area contributed by atoms with Crippen molar-refractivity contribution in [3.05, 3.63) is 45.7 Å². The lowest BCUT2D eigenvalue weighted by atomic mass is 10.1. The summed E-state index contributed by atoms with van der Waals surface area (Å²) < 4.78 is 5.38. The number of aromatic nitrogens is 2. The number of ether oxygens (including phenoxy) is 1. The van der Waals surface area contributed by atoms with E-state index in [1.165, 1.54) is 0 Å². The summed E-state index contributed by atoms with van der Waals surface area (Å²) in [6.07, 6.45) is 0. The number of nitrogens with zero attached hydrogens (tertiary/aromatic N) is 4. The van der Waals surface area contributed by atoms with Gasteiger partial charge >= 0.3 is 0 Å². The van der Waals surface area contributed by atoms with Gasteiger partial charge in [0, 0.05) is 19.2 Å². The van der Waals surface area contributed by atoms with Crippen molar-refractivity contribution in [3.8, 4) is 0 Å². The van der Waals surface area contributed by atoms with Gasteiger partial charge in [-0.15, -0.1) is 0 Å². The van der Waals surface area contributed by atoms with Crippen LogP contribution in [0, 0.1) is 6.92 Å². The molecule has 2 aromatic rings. The molecule has 0 spiro atoms. The Morgan fingerprint density at radius 3 is 2.64 bits per heavy atom. The van der Waals surface area contributed by atoms with Gasteiger partial charge in [0.2, 0.25) is 0 Å². The van der Waals surface area contributed by atoms with Gasteiger partial charge in [-0.2, -0.15) is 5.10 Å². The minimum Gasteiger partial charge on any atom is -0.378 e. The second-order valence-corrected chi connectivity index (χ2v) is 6.51. The van der Waals surface area contributed by atoms with Crippen LogP contribution in [0.15, 0.2) is 29.4 Å². The number of hydrogen-bond acceptors (Lipinski definition) is 6. The minimum atomic E-state index is 0.501. The van der Waals surface area contributed by atoms with Crippen molar-refractivity contribution < 1.29 is 4.74 Å². The first-order valence-electron chi connectivity index (χ1n) is 7.97. The van der Waals surface area contributed by atoms with Crippen LogP contribution in [0.3, 0.4) is 0 Å². The summed E-state index contributed by atoms with van der Waals surface area (Å²) in [7, 11) is 0. The molecule has 1 aromatic carbocycles. The second kappa shape index (κ2) is 7.99. The lowest BCUT2D eigenvalue weighted by Gasteiger charge is -2.28. The number of hydrazone groups is 1. The molecule has 0 amide bonds. The van der Waals surface area contributed by atoms with Crippen LogP contribution in [-0.4, -0.2) is 42.0 Å². The van der Waals surface area contributed by atoms with Crippen LogP contribution in [0.5, 0.6) is 0 Å². The third-order valence-electron chi connectivity index (χ3n) is 3.84. The molecule has 0 saturated carbocycles. The van der Waals surface area contributed by atoms with Crippen molar-refractivity contribution in [2.45, 2.75) is 13.8 Å². The molecular weight excluding hydrogens is 361 g/mol. The maximum atomic E-state index is 6.06. The molecule has 132 valence electrons. The Balaban J connectivity index is 1.77. The van der Waals surface area contributed by atoms with Crippen molar-refractivity contribution in [1.29, 1.82) is 0 Å². The highest BCUT2D eigenvalue weighted by Gasteiger charge is 2.14. The van der Waals surface area contributed by atoms with Gasteiger partial charge in [-0.05, 0) is 31.5 Å². The summed E-state index contributed by atoms with van der Waals surface area (Å²) in [6, 6.07) is 7.31. The molecule has 1 aliphatic heterocycles. The number of benzene rings is 1. The smallest absolute Gasteiger partial charge is 0.152 e. The maximum Gasteiger partial charge on any atom is 0.152 e. The van der Waals surface area contributed by atoms with E-state index in [9.17, 15) is 0 Å². The maximum absolute atomic E-state index is 6.06. The standard InChI is InChI=1S/C17H19Cl2N5O/c1-11(13-3-4-14(18)15(19)9-13)22-23-16-10-17(21-12(2)20-16)24-5-7-25-8-6-24/h3-4,9-10H,5-8H2,1-2H3,(H,20,21,23). The number of nitrogens with one attached hydrogen (secondary N) is 1. The Morgan fingerprint density at radius 1 is 1.16 bits per heavy atom. The lowest BCUT2D eigenvalue weighted by Crippen LogP contribution is -2.36. The number of hydrogen-bond donors (Lipinski definition) is 1. The topological polar surface area (TPSA) is 62.6 Å². The first kappa shape index (κ1) is 17.9. The summed E-state index contributed by atoms with van der Waals surface area (Å²) in [4.78, 5) is 11.1. The molecule has 2 heterocycles. The van der Waals surface area contributed by atoms with E-state index in [1.54, 1.807) is 12.1 Å². The summed E-state index contributed by atoms with van der Waals surface area (Å²) in [5, 5.41) is 5.42. The van der Waals surface area contributed by atoms with Crippen LogP contribution >= 0.6 is 23.2 Å². The average Bonchev–Trinajstić information content (AvgIpc) is 2.62. The molecule has 3 rings (SSSR count). The van der Waals surface area contributed by atoms with Gasteiger partial charge in [0.15, 0.2) is 5.82 Å². The normalized spacial score (nSPS) is 15.4. The van der Waals surface area contributed by atoms with E-state index in [2.05, 4.69) is 25.4 Å². The Kier molecular flexibility index (Phi) is 5.73. The van der Waals surface area contributed by atoms with E-state index >= 15 is 0 Å². The summed E-state index contributed by atoms with van der Waals surface area (Å²) in [6.45, 7) is 6.82. The average molecular weight is 380 g/mol. The Hall–Kier alpha value is -1.89. The molecule has 6 nitrogen and oxygen atoms in total. The van der Waals surface area contributed by atoms with Gasteiger partial charge in [-0.3, -0.25) is 5.43 Å². The highest BCUT2D eigenvalue weighted by Crippen LogP contribution is 2.23. The molecular formula is C17H19Cl2N5O. The van der Waals surface area contributed by atoms with E-state index in [1.807, 2.05) is 26.0 Å². The van der Waals surface area contributed by atoms with E-state index in [4.69, 9.17) is 27.9 Å². The fourth-order valence-corrected chi connectivity index (χ4v) is 2.79. The van der Waals surface area contributed by atoms with Crippen LogP contribution in [0.1, 0.15) is 18.3 Å². The van der Waals surface area contributed by atoms with Gasteiger partial charge in [0.1, 0.15) is 11.6 Å². The first-order valence-corrected chi connectivity index (χ1v) is 8.72. The molecule has 8 heteroatoms. The molecule has 1 aliphatic rings. The third kappa shape index (κ3) is 4.60. The lowest BCUT2D eigenvalue weighted by molar-refractivity contribution is 0.122. The molecule has 25 heavy (non-hydrogen) atoms. The fraction of sp³-hybridized carbons (Fsp3) is 0.353. The van der Waals surface area contributed by atoms with E-state index in [-0.39, 0.29) is 0 Å². The van der Waals surface area contributed by atoms with Gasteiger partial charge in [-0.25, -0.2) is 9.97 Å². The van der Waals surface area contributed by atoms with Crippen LogP contribution in [0.25, 0.3) is 0 Å². The molecule has 1 aromatic heterocycles. The van der Waals surface area contributed by atoms with Crippen LogP contribution in [0.4, 0.5) is 11.6 Å². The number of aryl methyl sites for hydroxylation is 1. The molecule has 0 atom stereocenters. The zero-order valence-corrected chi connectivity index (χ0v) is 15.6. The van der Waals surface area contributed by atoms with Gasteiger partial charge in [0.25, 0.3) is 0 Å². The number of rotatable bonds is 4. The van der Waals surface area contributed by atoms with Crippen molar-refractivity contribution in [3.63, 3.8) is 0 Å². The van der Waals surface area contributed by atoms with Crippen molar-refractivity contribution >= 4 is 40.5 Å². The van der Waals surface area contributed by atoms with E-state index in [0.717, 1.165) is 30.2 Å². The number of morpholine rings is 1. The highest BCUT2D eigenvalue weighted by molar-refractivity contribution is 6.42. The summed E-state index contributed by atoms with van der Waals surface area (Å²) in [5.74, 6) is 2.21. The zero-order valence-electron chi connectivity index (χ0n) is 14.1. The van der Waals surface area contributed by atoms with Gasteiger partial charge in [-0.1, -0.05) is 29.3 Å². The third-order valence-corrected chi connectivity index (χ3v) is 4.57. The van der Waals surface area contributed by atoms with Crippen LogP contribution < -0.4 is 10.3 Å². The predicted molar refractivity (Wildman–Crippen MR) is 102 cm³/mol. The molecule has 1 fully saturated rings.